The molecular weight excluding hydrogens is 208 g/mol. The highest BCUT2D eigenvalue weighted by molar-refractivity contribution is 5.47. The Morgan fingerprint density at radius 3 is 2.06 bits per heavy atom. The number of aryl methyl sites for hydroxylation is 1. The maximum Gasteiger partial charge on any atom is 0.123 e. The maximum absolute atomic E-state index is 5.95. The minimum atomic E-state index is 0.240. The van der Waals surface area contributed by atoms with Gasteiger partial charge in [-0.1, -0.05) is 33.8 Å². The molecule has 0 atom stereocenters. The van der Waals surface area contributed by atoms with Gasteiger partial charge in [0.15, 0.2) is 0 Å². The lowest BCUT2D eigenvalue weighted by molar-refractivity contribution is 0.239. The quantitative estimate of drug-likeness (QED) is 0.716. The molecule has 0 spiro atoms. The normalized spacial score (nSPS) is 11.3. The summed E-state index contributed by atoms with van der Waals surface area (Å²) in [7, 11) is 0. The van der Waals surface area contributed by atoms with Gasteiger partial charge in [0.2, 0.25) is 0 Å². The Hall–Kier alpha value is -0.980. The monoisotopic (exact) mass is 234 g/mol. The molecule has 0 saturated carbocycles. The van der Waals surface area contributed by atoms with Gasteiger partial charge in [-0.25, -0.2) is 0 Å². The van der Waals surface area contributed by atoms with Gasteiger partial charge in [0.05, 0.1) is 6.10 Å². The van der Waals surface area contributed by atoms with Crippen molar-refractivity contribution >= 4 is 0 Å². The molecule has 0 aliphatic heterocycles. The first-order valence-corrected chi connectivity index (χ1v) is 6.82. The summed E-state index contributed by atoms with van der Waals surface area (Å²) in [6, 6.07) is 4.37. The van der Waals surface area contributed by atoms with Crippen LogP contribution >= 0.6 is 0 Å². The van der Waals surface area contributed by atoms with E-state index in [0.717, 1.165) is 18.6 Å². The second-order valence-electron chi connectivity index (χ2n) is 5.14. The minimum Gasteiger partial charge on any atom is -0.491 e. The van der Waals surface area contributed by atoms with Gasteiger partial charge in [0.25, 0.3) is 0 Å². The Morgan fingerprint density at radius 1 is 1.00 bits per heavy atom. The molecule has 0 saturated heterocycles. The molecule has 0 aromatic heterocycles. The molecule has 0 fully saturated rings. The summed E-state index contributed by atoms with van der Waals surface area (Å²) in [6.07, 6.45) is 2.43. The molecule has 1 aromatic carbocycles. The fourth-order valence-electron chi connectivity index (χ4n) is 2.43. The predicted molar refractivity (Wildman–Crippen MR) is 75.1 cm³/mol. The Bertz CT molecular complexity index is 364. The topological polar surface area (TPSA) is 9.23 Å². The molecule has 0 amide bonds. The van der Waals surface area contributed by atoms with E-state index in [9.17, 15) is 0 Å². The van der Waals surface area contributed by atoms with Crippen LogP contribution in [0.4, 0.5) is 0 Å². The first kappa shape index (κ1) is 14.1. The van der Waals surface area contributed by atoms with Crippen LogP contribution in [-0.2, 0) is 12.8 Å². The van der Waals surface area contributed by atoms with Crippen LogP contribution < -0.4 is 4.74 Å². The number of hydrogen-bond acceptors (Lipinski definition) is 1. The average Bonchev–Trinajstić information content (AvgIpc) is 2.26. The zero-order chi connectivity index (χ0) is 13.0. The summed E-state index contributed by atoms with van der Waals surface area (Å²) in [5, 5.41) is 0. The highest BCUT2D eigenvalue weighted by Gasteiger charge is 2.16. The van der Waals surface area contributed by atoms with Crippen LogP contribution in [0.25, 0.3) is 0 Å². The SMILES string of the molecule is CCc1ccc(OC(C)C)c(C(C)C)c1CC. The van der Waals surface area contributed by atoms with E-state index in [1.165, 1.54) is 16.7 Å². The van der Waals surface area contributed by atoms with Crippen LogP contribution in [0.5, 0.6) is 5.75 Å². The molecule has 1 aromatic rings. The van der Waals surface area contributed by atoms with Gasteiger partial charge in [-0.15, -0.1) is 0 Å². The van der Waals surface area contributed by atoms with Crippen molar-refractivity contribution in [1.82, 2.24) is 0 Å². The third kappa shape index (κ3) is 3.24. The van der Waals surface area contributed by atoms with Crippen molar-refractivity contribution in [3.63, 3.8) is 0 Å². The highest BCUT2D eigenvalue weighted by atomic mass is 16.5. The van der Waals surface area contributed by atoms with Crippen molar-refractivity contribution < 1.29 is 4.74 Å². The summed E-state index contributed by atoms with van der Waals surface area (Å²) in [4.78, 5) is 0. The van der Waals surface area contributed by atoms with Crippen molar-refractivity contribution in [3.05, 3.63) is 28.8 Å². The summed E-state index contributed by atoms with van der Waals surface area (Å²) >= 11 is 0. The summed E-state index contributed by atoms with van der Waals surface area (Å²) in [5.74, 6) is 1.59. The smallest absolute Gasteiger partial charge is 0.123 e. The van der Waals surface area contributed by atoms with Gasteiger partial charge in [-0.05, 0) is 49.8 Å². The Balaban J connectivity index is 3.31. The van der Waals surface area contributed by atoms with Crippen molar-refractivity contribution in [3.8, 4) is 5.75 Å². The molecule has 0 radical (unpaired) electrons. The van der Waals surface area contributed by atoms with Crippen LogP contribution in [-0.4, -0.2) is 6.10 Å². The largest absolute Gasteiger partial charge is 0.491 e. The van der Waals surface area contributed by atoms with Crippen LogP contribution in [0.1, 0.15) is 64.2 Å². The van der Waals surface area contributed by atoms with Gasteiger partial charge in [0, 0.05) is 5.56 Å². The van der Waals surface area contributed by atoms with Gasteiger partial charge in [-0.2, -0.15) is 0 Å². The fourth-order valence-corrected chi connectivity index (χ4v) is 2.43. The summed E-state index contributed by atoms with van der Waals surface area (Å²) in [5.41, 5.74) is 4.36. The molecule has 1 nitrogen and oxygen atoms in total. The van der Waals surface area contributed by atoms with Gasteiger partial charge in [0.1, 0.15) is 5.75 Å². The van der Waals surface area contributed by atoms with E-state index in [2.05, 4.69) is 53.7 Å². The molecule has 0 aliphatic rings. The van der Waals surface area contributed by atoms with Crippen LogP contribution in [0.15, 0.2) is 12.1 Å². The molecule has 0 unspecified atom stereocenters. The fraction of sp³-hybridized carbons (Fsp3) is 0.625. The predicted octanol–water partition coefficient (Wildman–Crippen LogP) is 4.72. The lowest BCUT2D eigenvalue weighted by Gasteiger charge is -2.22. The highest BCUT2D eigenvalue weighted by Crippen LogP contribution is 2.33. The van der Waals surface area contributed by atoms with E-state index in [-0.39, 0.29) is 6.10 Å². The Kier molecular flexibility index (Phi) is 5.04. The Labute approximate surface area is 106 Å². The third-order valence-electron chi connectivity index (χ3n) is 3.09. The van der Waals surface area contributed by atoms with Crippen molar-refractivity contribution in [2.45, 2.75) is 66.4 Å². The van der Waals surface area contributed by atoms with Crippen LogP contribution in [0.3, 0.4) is 0 Å². The zero-order valence-corrected chi connectivity index (χ0v) is 12.1. The number of benzene rings is 1. The second kappa shape index (κ2) is 6.09. The van der Waals surface area contributed by atoms with E-state index >= 15 is 0 Å². The van der Waals surface area contributed by atoms with Crippen molar-refractivity contribution in [1.29, 1.82) is 0 Å². The molecule has 17 heavy (non-hydrogen) atoms. The maximum atomic E-state index is 5.95. The molecule has 96 valence electrons. The van der Waals surface area contributed by atoms with Gasteiger partial charge < -0.3 is 4.74 Å². The van der Waals surface area contributed by atoms with Crippen molar-refractivity contribution in [2.75, 3.05) is 0 Å². The summed E-state index contributed by atoms with van der Waals surface area (Å²) < 4.78 is 5.95. The molecular formula is C16H26O. The van der Waals surface area contributed by atoms with Gasteiger partial charge in [-0.3, -0.25) is 0 Å². The lowest BCUT2D eigenvalue weighted by Crippen LogP contribution is -2.10. The average molecular weight is 234 g/mol. The first-order valence-electron chi connectivity index (χ1n) is 6.82. The lowest BCUT2D eigenvalue weighted by atomic mass is 9.90. The standard InChI is InChI=1S/C16H26O/c1-7-13-9-10-15(17-12(5)6)16(11(3)4)14(13)8-2/h9-12H,7-8H2,1-6H3. The van der Waals surface area contributed by atoms with E-state index in [4.69, 9.17) is 4.74 Å². The van der Waals surface area contributed by atoms with E-state index in [0.29, 0.717) is 5.92 Å². The van der Waals surface area contributed by atoms with E-state index < -0.39 is 0 Å². The molecule has 0 bridgehead atoms. The zero-order valence-electron chi connectivity index (χ0n) is 12.1. The third-order valence-corrected chi connectivity index (χ3v) is 3.09. The number of hydrogen-bond donors (Lipinski definition) is 0. The van der Waals surface area contributed by atoms with E-state index in [1.54, 1.807) is 0 Å². The Morgan fingerprint density at radius 2 is 1.65 bits per heavy atom. The molecule has 0 heterocycles. The second-order valence-corrected chi connectivity index (χ2v) is 5.14. The number of ether oxygens (including phenoxy) is 1. The number of rotatable bonds is 5. The molecule has 1 rings (SSSR count). The van der Waals surface area contributed by atoms with Crippen LogP contribution in [0.2, 0.25) is 0 Å². The minimum absolute atomic E-state index is 0.240. The summed E-state index contributed by atoms with van der Waals surface area (Å²) in [6.45, 7) is 13.1. The van der Waals surface area contributed by atoms with E-state index in [1.807, 2.05) is 0 Å². The van der Waals surface area contributed by atoms with Gasteiger partial charge >= 0.3 is 0 Å². The molecule has 1 heteroatoms. The first-order chi connectivity index (χ1) is 8.01. The van der Waals surface area contributed by atoms with Crippen LogP contribution in [0, 0.1) is 0 Å². The van der Waals surface area contributed by atoms with Crippen molar-refractivity contribution in [2.24, 2.45) is 0 Å². The molecule has 0 aliphatic carbocycles. The molecule has 0 N–H and O–H groups in total.